The number of aliphatic hydroxyl groups is 1. The molecule has 3 rings (SSSR count). The number of aliphatic hydroxyl groups excluding tert-OH is 1. The molecule has 0 fully saturated rings. The molecule has 0 radical (unpaired) electrons. The Morgan fingerprint density at radius 2 is 1.88 bits per heavy atom. The van der Waals surface area contributed by atoms with Crippen LogP contribution in [-0.4, -0.2) is 11.4 Å². The van der Waals surface area contributed by atoms with E-state index in [1.54, 1.807) is 0 Å². The van der Waals surface area contributed by atoms with Crippen molar-refractivity contribution in [2.24, 2.45) is 0 Å². The summed E-state index contributed by atoms with van der Waals surface area (Å²) in [5.74, 6) is 1.05. The molecule has 0 saturated carbocycles. The van der Waals surface area contributed by atoms with E-state index in [-0.39, 0.29) is 5.76 Å². The van der Waals surface area contributed by atoms with E-state index in [0.717, 1.165) is 22.1 Å². The second kappa shape index (κ2) is 3.46. The van der Waals surface area contributed by atoms with Gasteiger partial charge in [0.05, 0.1) is 0 Å². The molecule has 0 aliphatic carbocycles. The highest BCUT2D eigenvalue weighted by Crippen LogP contribution is 2.40. The maximum Gasteiger partial charge on any atom is 0.202 e. The van der Waals surface area contributed by atoms with Gasteiger partial charge in [-0.3, -0.25) is 0 Å². The predicted molar refractivity (Wildman–Crippen MR) is 67.6 cm³/mol. The van der Waals surface area contributed by atoms with Crippen LogP contribution in [0.25, 0.3) is 16.5 Å². The zero-order valence-electron chi connectivity index (χ0n) is 8.73. The summed E-state index contributed by atoms with van der Waals surface area (Å²) in [4.78, 5) is 0. The molecule has 1 N–H and O–H groups in total. The average molecular weight is 230 g/mol. The van der Waals surface area contributed by atoms with Gasteiger partial charge in [0, 0.05) is 10.9 Å². The van der Waals surface area contributed by atoms with Crippen LogP contribution in [0.2, 0.25) is 0 Å². The van der Waals surface area contributed by atoms with E-state index in [9.17, 15) is 5.11 Å². The SMILES string of the molecule is CSC1=C(O)c2cccc3cccc(c23)O1. The molecule has 0 spiro atoms. The van der Waals surface area contributed by atoms with E-state index >= 15 is 0 Å². The van der Waals surface area contributed by atoms with Crippen molar-refractivity contribution in [2.75, 3.05) is 6.26 Å². The van der Waals surface area contributed by atoms with Gasteiger partial charge >= 0.3 is 0 Å². The Hall–Kier alpha value is -1.61. The fraction of sp³-hybridized carbons (Fsp3) is 0.0769. The maximum absolute atomic E-state index is 10.1. The van der Waals surface area contributed by atoms with E-state index in [2.05, 4.69) is 0 Å². The Kier molecular flexibility index (Phi) is 2.07. The fourth-order valence-corrected chi connectivity index (χ4v) is 2.46. The lowest BCUT2D eigenvalue weighted by atomic mass is 10.0. The number of hydrogen-bond acceptors (Lipinski definition) is 3. The summed E-state index contributed by atoms with van der Waals surface area (Å²) in [5.41, 5.74) is 0.851. The minimum absolute atomic E-state index is 0.233. The van der Waals surface area contributed by atoms with E-state index in [0.29, 0.717) is 5.09 Å². The smallest absolute Gasteiger partial charge is 0.202 e. The first kappa shape index (κ1) is 9.60. The van der Waals surface area contributed by atoms with E-state index in [1.165, 1.54) is 11.8 Å². The van der Waals surface area contributed by atoms with Gasteiger partial charge in [0.2, 0.25) is 5.09 Å². The van der Waals surface area contributed by atoms with Crippen molar-refractivity contribution >= 4 is 28.3 Å². The third-order valence-electron chi connectivity index (χ3n) is 2.70. The highest BCUT2D eigenvalue weighted by atomic mass is 32.2. The summed E-state index contributed by atoms with van der Waals surface area (Å²) in [5, 5.41) is 12.7. The van der Waals surface area contributed by atoms with Crippen molar-refractivity contribution in [3.05, 3.63) is 47.1 Å². The van der Waals surface area contributed by atoms with Crippen molar-refractivity contribution in [2.45, 2.75) is 0 Å². The minimum Gasteiger partial charge on any atom is -0.503 e. The van der Waals surface area contributed by atoms with Crippen LogP contribution >= 0.6 is 11.8 Å². The van der Waals surface area contributed by atoms with Gasteiger partial charge in [0.25, 0.3) is 0 Å². The van der Waals surface area contributed by atoms with E-state index < -0.39 is 0 Å². The molecular formula is C13H10O2S. The summed E-state index contributed by atoms with van der Waals surface area (Å²) in [6.07, 6.45) is 1.89. The molecule has 0 bridgehead atoms. The Morgan fingerprint density at radius 1 is 1.12 bits per heavy atom. The molecule has 0 amide bonds. The maximum atomic E-state index is 10.1. The van der Waals surface area contributed by atoms with Gasteiger partial charge < -0.3 is 9.84 Å². The molecule has 0 aromatic heterocycles. The van der Waals surface area contributed by atoms with Crippen LogP contribution in [0.15, 0.2) is 41.5 Å². The van der Waals surface area contributed by atoms with Gasteiger partial charge in [-0.15, -0.1) is 0 Å². The Bertz CT molecular complexity index is 597. The topological polar surface area (TPSA) is 29.5 Å². The van der Waals surface area contributed by atoms with Crippen molar-refractivity contribution < 1.29 is 9.84 Å². The van der Waals surface area contributed by atoms with Crippen LogP contribution in [0.4, 0.5) is 0 Å². The quantitative estimate of drug-likeness (QED) is 0.808. The van der Waals surface area contributed by atoms with Gasteiger partial charge in [-0.25, -0.2) is 0 Å². The Balaban J connectivity index is 2.42. The molecule has 2 aromatic rings. The monoisotopic (exact) mass is 230 g/mol. The molecule has 1 aliphatic heterocycles. The van der Waals surface area contributed by atoms with Gasteiger partial charge in [0.1, 0.15) is 5.75 Å². The van der Waals surface area contributed by atoms with Crippen LogP contribution in [0.3, 0.4) is 0 Å². The highest BCUT2D eigenvalue weighted by Gasteiger charge is 2.20. The molecule has 2 aromatic carbocycles. The van der Waals surface area contributed by atoms with Crippen LogP contribution < -0.4 is 4.74 Å². The highest BCUT2D eigenvalue weighted by molar-refractivity contribution is 8.02. The predicted octanol–water partition coefficient (Wildman–Crippen LogP) is 3.78. The second-order valence-electron chi connectivity index (χ2n) is 3.60. The molecule has 0 unspecified atom stereocenters. The molecule has 0 saturated heterocycles. The largest absolute Gasteiger partial charge is 0.503 e. The Morgan fingerprint density at radius 3 is 2.62 bits per heavy atom. The first-order chi connectivity index (χ1) is 7.81. The average Bonchev–Trinajstić information content (AvgIpc) is 2.33. The van der Waals surface area contributed by atoms with Crippen molar-refractivity contribution in [3.8, 4) is 5.75 Å². The van der Waals surface area contributed by atoms with Gasteiger partial charge in [-0.1, -0.05) is 42.1 Å². The molecule has 0 atom stereocenters. The summed E-state index contributed by atoms with van der Waals surface area (Å²) >= 11 is 1.41. The van der Waals surface area contributed by atoms with Gasteiger partial charge in [-0.2, -0.15) is 0 Å². The lowest BCUT2D eigenvalue weighted by Gasteiger charge is -2.19. The second-order valence-corrected chi connectivity index (χ2v) is 4.38. The molecule has 3 heteroatoms. The van der Waals surface area contributed by atoms with Crippen LogP contribution in [0, 0.1) is 0 Å². The van der Waals surface area contributed by atoms with Crippen molar-refractivity contribution in [1.29, 1.82) is 0 Å². The fourth-order valence-electron chi connectivity index (χ4n) is 1.99. The van der Waals surface area contributed by atoms with Gasteiger partial charge in [-0.05, 0) is 17.7 Å². The number of thioether (sulfide) groups is 1. The summed E-state index contributed by atoms with van der Waals surface area (Å²) in [7, 11) is 0. The van der Waals surface area contributed by atoms with E-state index in [1.807, 2.05) is 42.7 Å². The summed E-state index contributed by atoms with van der Waals surface area (Å²) < 4.78 is 5.66. The van der Waals surface area contributed by atoms with Crippen molar-refractivity contribution in [3.63, 3.8) is 0 Å². The van der Waals surface area contributed by atoms with E-state index in [4.69, 9.17) is 4.74 Å². The summed E-state index contributed by atoms with van der Waals surface area (Å²) in [6, 6.07) is 11.8. The van der Waals surface area contributed by atoms with Gasteiger partial charge in [0.15, 0.2) is 5.76 Å². The molecule has 80 valence electrons. The minimum atomic E-state index is 0.233. The standard InChI is InChI=1S/C13H10O2S/c1-16-13-12(14)9-6-2-4-8-5-3-7-10(15-13)11(8)9/h2-7,14H,1H3. The molecule has 1 heterocycles. The third kappa shape index (κ3) is 1.21. The molecule has 1 aliphatic rings. The molecule has 16 heavy (non-hydrogen) atoms. The molecule has 2 nitrogen and oxygen atoms in total. The molecular weight excluding hydrogens is 220 g/mol. The first-order valence-corrected chi connectivity index (χ1v) is 6.21. The van der Waals surface area contributed by atoms with Crippen LogP contribution in [-0.2, 0) is 0 Å². The zero-order valence-corrected chi connectivity index (χ0v) is 9.54. The number of benzene rings is 2. The van der Waals surface area contributed by atoms with Crippen LogP contribution in [0.5, 0.6) is 5.75 Å². The number of rotatable bonds is 1. The zero-order chi connectivity index (χ0) is 11.1. The lowest BCUT2D eigenvalue weighted by Crippen LogP contribution is -2.03. The first-order valence-electron chi connectivity index (χ1n) is 4.98. The van der Waals surface area contributed by atoms with Crippen LogP contribution in [0.1, 0.15) is 5.56 Å². The lowest BCUT2D eigenvalue weighted by molar-refractivity contribution is 0.424. The number of ether oxygens (including phenoxy) is 1. The Labute approximate surface area is 97.5 Å². The normalized spacial score (nSPS) is 14.1. The summed E-state index contributed by atoms with van der Waals surface area (Å²) in [6.45, 7) is 0. The third-order valence-corrected chi connectivity index (χ3v) is 3.35. The number of hydrogen-bond donors (Lipinski definition) is 1. The van der Waals surface area contributed by atoms with Crippen molar-refractivity contribution in [1.82, 2.24) is 0 Å².